The molecule has 0 radical (unpaired) electrons. The molecular weight excluding hydrogens is 310 g/mol. The van der Waals surface area contributed by atoms with Crippen molar-refractivity contribution in [1.29, 1.82) is 0 Å². The topological polar surface area (TPSA) is 68.0 Å². The first-order chi connectivity index (χ1) is 9.06. The second-order valence-corrected chi connectivity index (χ2v) is 5.59. The molecule has 1 saturated carbocycles. The number of carboxylic acids is 1. The molecule has 0 spiro atoms. The van der Waals surface area contributed by atoms with Crippen LogP contribution in [0.2, 0.25) is 0 Å². The first-order valence-corrected chi connectivity index (χ1v) is 6.82. The lowest BCUT2D eigenvalue weighted by Crippen LogP contribution is -2.04. The average Bonchev–Trinajstić information content (AvgIpc) is 3.09. The molecule has 1 N–H and O–H groups in total. The van der Waals surface area contributed by atoms with E-state index in [2.05, 4.69) is 26.0 Å². The van der Waals surface area contributed by atoms with Gasteiger partial charge < -0.3 is 5.11 Å². The van der Waals surface area contributed by atoms with E-state index in [1.807, 2.05) is 25.1 Å². The van der Waals surface area contributed by atoms with Crippen molar-refractivity contribution in [3.05, 3.63) is 39.9 Å². The van der Waals surface area contributed by atoms with Gasteiger partial charge >= 0.3 is 5.97 Å². The molecule has 1 aromatic heterocycles. The van der Waals surface area contributed by atoms with Gasteiger partial charge in [-0.05, 0) is 53.4 Å². The van der Waals surface area contributed by atoms with E-state index in [0.717, 1.165) is 34.4 Å². The predicted octanol–water partition coefficient (Wildman–Crippen LogP) is 2.91. The van der Waals surface area contributed by atoms with Crippen LogP contribution in [0.4, 0.5) is 0 Å². The number of hydrogen-bond acceptors (Lipinski definition) is 3. The second kappa shape index (κ2) is 4.45. The Hall–Kier alpha value is -1.69. The highest BCUT2D eigenvalue weighted by Gasteiger charge is 2.31. The number of benzene rings is 1. The zero-order chi connectivity index (χ0) is 13.6. The summed E-state index contributed by atoms with van der Waals surface area (Å²) in [4.78, 5) is 15.2. The fourth-order valence-electron chi connectivity index (χ4n) is 1.98. The quantitative estimate of drug-likeness (QED) is 0.943. The predicted molar refractivity (Wildman–Crippen MR) is 72.7 cm³/mol. The standard InChI is InChI=1S/C13H12BrN3O2/c1-7-2-5-10(9(14)6-7)17-12(8-3-4-8)15-11(16-17)13(18)19/h2,5-6,8H,3-4H2,1H3,(H,18,19). The van der Waals surface area contributed by atoms with Crippen LogP contribution in [-0.4, -0.2) is 25.8 Å². The minimum absolute atomic E-state index is 0.144. The van der Waals surface area contributed by atoms with Gasteiger partial charge in [-0.25, -0.2) is 14.5 Å². The molecule has 98 valence electrons. The Labute approximate surface area is 118 Å². The van der Waals surface area contributed by atoms with Crippen LogP contribution in [0.1, 0.15) is 40.8 Å². The third-order valence-corrected chi connectivity index (χ3v) is 3.73. The van der Waals surface area contributed by atoms with Crippen LogP contribution in [-0.2, 0) is 0 Å². The van der Waals surface area contributed by atoms with Crippen molar-refractivity contribution in [2.24, 2.45) is 0 Å². The summed E-state index contributed by atoms with van der Waals surface area (Å²) >= 11 is 3.50. The molecule has 1 fully saturated rings. The van der Waals surface area contributed by atoms with E-state index in [1.54, 1.807) is 4.68 Å². The van der Waals surface area contributed by atoms with Crippen molar-refractivity contribution in [3.8, 4) is 5.69 Å². The van der Waals surface area contributed by atoms with E-state index in [9.17, 15) is 4.79 Å². The largest absolute Gasteiger partial charge is 0.475 e. The van der Waals surface area contributed by atoms with Crippen LogP contribution in [0.25, 0.3) is 5.69 Å². The molecule has 1 heterocycles. The summed E-state index contributed by atoms with van der Waals surface area (Å²) in [5, 5.41) is 13.1. The molecule has 5 nitrogen and oxygen atoms in total. The third-order valence-electron chi connectivity index (χ3n) is 3.10. The number of halogens is 1. The average molecular weight is 322 g/mol. The van der Waals surface area contributed by atoms with E-state index < -0.39 is 5.97 Å². The minimum Gasteiger partial charge on any atom is -0.475 e. The van der Waals surface area contributed by atoms with Crippen LogP contribution in [0, 0.1) is 6.92 Å². The van der Waals surface area contributed by atoms with Gasteiger partial charge in [0.1, 0.15) is 5.82 Å². The summed E-state index contributed by atoms with van der Waals surface area (Å²) in [6, 6.07) is 5.87. The Morgan fingerprint density at radius 2 is 2.21 bits per heavy atom. The number of carboxylic acid groups (broad SMARTS) is 1. The number of aromatic carboxylic acids is 1. The molecule has 3 rings (SSSR count). The van der Waals surface area contributed by atoms with E-state index >= 15 is 0 Å². The Morgan fingerprint density at radius 3 is 2.79 bits per heavy atom. The molecule has 1 aliphatic rings. The maximum Gasteiger partial charge on any atom is 0.375 e. The van der Waals surface area contributed by atoms with Crippen molar-refractivity contribution in [2.45, 2.75) is 25.7 Å². The molecule has 0 amide bonds. The molecule has 1 aromatic carbocycles. The molecule has 19 heavy (non-hydrogen) atoms. The highest BCUT2D eigenvalue weighted by molar-refractivity contribution is 9.10. The molecule has 2 aromatic rings. The smallest absolute Gasteiger partial charge is 0.375 e. The zero-order valence-corrected chi connectivity index (χ0v) is 11.9. The van der Waals surface area contributed by atoms with E-state index in [-0.39, 0.29) is 5.82 Å². The van der Waals surface area contributed by atoms with Crippen molar-refractivity contribution in [3.63, 3.8) is 0 Å². The highest BCUT2D eigenvalue weighted by Crippen LogP contribution is 2.40. The first-order valence-electron chi connectivity index (χ1n) is 6.03. The van der Waals surface area contributed by atoms with Crippen LogP contribution >= 0.6 is 15.9 Å². The Balaban J connectivity index is 2.15. The van der Waals surface area contributed by atoms with E-state index in [0.29, 0.717) is 5.92 Å². The van der Waals surface area contributed by atoms with Crippen molar-refractivity contribution < 1.29 is 9.90 Å². The fourth-order valence-corrected chi connectivity index (χ4v) is 2.64. The summed E-state index contributed by atoms with van der Waals surface area (Å²) in [6.45, 7) is 2.00. The van der Waals surface area contributed by atoms with Crippen molar-refractivity contribution in [1.82, 2.24) is 14.8 Å². The molecule has 0 atom stereocenters. The molecule has 6 heteroatoms. The van der Waals surface area contributed by atoms with Crippen LogP contribution in [0.3, 0.4) is 0 Å². The van der Waals surface area contributed by atoms with Gasteiger partial charge in [0.15, 0.2) is 0 Å². The highest BCUT2D eigenvalue weighted by atomic mass is 79.9. The van der Waals surface area contributed by atoms with E-state index in [4.69, 9.17) is 5.11 Å². The maximum absolute atomic E-state index is 11.0. The summed E-state index contributed by atoms with van der Waals surface area (Å²) in [5.41, 5.74) is 1.95. The maximum atomic E-state index is 11.0. The normalized spacial score (nSPS) is 14.6. The van der Waals surface area contributed by atoms with Gasteiger partial charge in [-0.2, -0.15) is 0 Å². The van der Waals surface area contributed by atoms with Gasteiger partial charge in [0.2, 0.25) is 0 Å². The number of rotatable bonds is 3. The lowest BCUT2D eigenvalue weighted by molar-refractivity contribution is 0.0683. The van der Waals surface area contributed by atoms with Gasteiger partial charge in [0, 0.05) is 10.4 Å². The summed E-state index contributed by atoms with van der Waals surface area (Å²) in [5.74, 6) is -0.172. The lowest BCUT2D eigenvalue weighted by Gasteiger charge is -2.07. The molecule has 0 unspecified atom stereocenters. The monoisotopic (exact) mass is 321 g/mol. The van der Waals surface area contributed by atoms with Gasteiger partial charge in [-0.1, -0.05) is 6.07 Å². The van der Waals surface area contributed by atoms with Crippen LogP contribution < -0.4 is 0 Å². The second-order valence-electron chi connectivity index (χ2n) is 4.74. The summed E-state index contributed by atoms with van der Waals surface area (Å²) < 4.78 is 2.53. The minimum atomic E-state index is -1.09. The van der Waals surface area contributed by atoms with Crippen LogP contribution in [0.5, 0.6) is 0 Å². The van der Waals surface area contributed by atoms with Crippen LogP contribution in [0.15, 0.2) is 22.7 Å². The number of aryl methyl sites for hydroxylation is 1. The Kier molecular flexibility index (Phi) is 2.89. The van der Waals surface area contributed by atoms with Gasteiger partial charge in [-0.15, -0.1) is 5.10 Å². The Bertz CT molecular complexity index is 662. The van der Waals surface area contributed by atoms with Crippen molar-refractivity contribution in [2.75, 3.05) is 0 Å². The van der Waals surface area contributed by atoms with Crippen molar-refractivity contribution >= 4 is 21.9 Å². The third kappa shape index (κ3) is 2.28. The Morgan fingerprint density at radius 1 is 1.47 bits per heavy atom. The van der Waals surface area contributed by atoms with Gasteiger partial charge in [-0.3, -0.25) is 0 Å². The number of carbonyl (C=O) groups is 1. The fraction of sp³-hybridized carbons (Fsp3) is 0.308. The first kappa shape index (κ1) is 12.3. The summed E-state index contributed by atoms with van der Waals surface area (Å²) in [6.07, 6.45) is 2.09. The number of hydrogen-bond donors (Lipinski definition) is 1. The van der Waals surface area contributed by atoms with Gasteiger partial charge in [0.05, 0.1) is 5.69 Å². The molecule has 1 aliphatic carbocycles. The number of nitrogens with zero attached hydrogens (tertiary/aromatic N) is 3. The zero-order valence-electron chi connectivity index (χ0n) is 10.3. The molecule has 0 aliphatic heterocycles. The molecule has 0 saturated heterocycles. The van der Waals surface area contributed by atoms with E-state index in [1.165, 1.54) is 0 Å². The summed E-state index contributed by atoms with van der Waals surface area (Å²) in [7, 11) is 0. The lowest BCUT2D eigenvalue weighted by atomic mass is 10.2. The molecular formula is C13H12BrN3O2. The van der Waals surface area contributed by atoms with Gasteiger partial charge in [0.25, 0.3) is 5.82 Å². The molecule has 0 bridgehead atoms. The SMILES string of the molecule is Cc1ccc(-n2nc(C(=O)O)nc2C2CC2)c(Br)c1. The number of aromatic nitrogens is 3.